The van der Waals surface area contributed by atoms with Crippen LogP contribution in [0.15, 0.2) is 30.3 Å². The highest BCUT2D eigenvalue weighted by atomic mass is 16.2. The second-order valence-electron chi connectivity index (χ2n) is 4.78. The first-order valence-electron chi connectivity index (χ1n) is 5.89. The van der Waals surface area contributed by atoms with Crippen molar-refractivity contribution in [3.8, 4) is 6.07 Å². The summed E-state index contributed by atoms with van der Waals surface area (Å²) in [5.41, 5.74) is 5.83. The van der Waals surface area contributed by atoms with Crippen LogP contribution in [0.1, 0.15) is 19.4 Å². The fourth-order valence-electron chi connectivity index (χ4n) is 1.84. The molecule has 0 radical (unpaired) electrons. The van der Waals surface area contributed by atoms with E-state index in [9.17, 15) is 4.79 Å². The molecule has 1 aromatic carbocycles. The van der Waals surface area contributed by atoms with E-state index in [4.69, 9.17) is 11.0 Å². The zero-order valence-corrected chi connectivity index (χ0v) is 11.1. The van der Waals surface area contributed by atoms with Gasteiger partial charge < -0.3 is 10.6 Å². The SMILES string of the molecule is CC(C#N)CN(C)C(=O)C(C)(N)c1ccccc1. The first kappa shape index (κ1) is 14.2. The predicted octanol–water partition coefficient (Wildman–Crippen LogP) is 1.48. The molecule has 0 saturated carbocycles. The van der Waals surface area contributed by atoms with E-state index in [0.29, 0.717) is 6.54 Å². The van der Waals surface area contributed by atoms with Crippen molar-refractivity contribution in [2.75, 3.05) is 13.6 Å². The third kappa shape index (κ3) is 3.08. The molecule has 0 spiro atoms. The molecule has 2 unspecified atom stereocenters. The number of hydrogen-bond donors (Lipinski definition) is 1. The van der Waals surface area contributed by atoms with Crippen LogP contribution in [0.25, 0.3) is 0 Å². The number of amides is 1. The third-order valence-electron chi connectivity index (χ3n) is 2.93. The second-order valence-corrected chi connectivity index (χ2v) is 4.78. The van der Waals surface area contributed by atoms with Gasteiger partial charge in [0.25, 0.3) is 0 Å². The molecule has 4 heteroatoms. The fourth-order valence-corrected chi connectivity index (χ4v) is 1.84. The number of hydrogen-bond acceptors (Lipinski definition) is 3. The first-order chi connectivity index (χ1) is 8.39. The number of likely N-dealkylation sites (N-methyl/N-ethyl adjacent to an activating group) is 1. The highest BCUT2D eigenvalue weighted by Crippen LogP contribution is 2.20. The maximum atomic E-state index is 12.3. The Bertz CT molecular complexity index is 448. The standard InChI is InChI=1S/C14H19N3O/c1-11(9-15)10-17(3)13(18)14(2,16)12-7-5-4-6-8-12/h4-8,11H,10,16H2,1-3H3. The molecule has 0 aliphatic heterocycles. The molecule has 4 nitrogen and oxygen atoms in total. The highest BCUT2D eigenvalue weighted by Gasteiger charge is 2.33. The Kier molecular flexibility index (Phi) is 4.46. The minimum Gasteiger partial charge on any atom is -0.343 e. The molecule has 0 aliphatic rings. The molecule has 0 aromatic heterocycles. The van der Waals surface area contributed by atoms with E-state index in [-0.39, 0.29) is 11.8 Å². The highest BCUT2D eigenvalue weighted by molar-refractivity contribution is 5.86. The van der Waals surface area contributed by atoms with E-state index < -0.39 is 5.54 Å². The summed E-state index contributed by atoms with van der Waals surface area (Å²) in [5.74, 6) is -0.388. The van der Waals surface area contributed by atoms with Crippen molar-refractivity contribution < 1.29 is 4.79 Å². The largest absolute Gasteiger partial charge is 0.343 e. The average Bonchev–Trinajstić information content (AvgIpc) is 2.38. The number of carbonyl (C=O) groups is 1. The Hall–Kier alpha value is -1.86. The Balaban J connectivity index is 2.86. The summed E-state index contributed by atoms with van der Waals surface area (Å²) in [6.07, 6.45) is 0. The summed E-state index contributed by atoms with van der Waals surface area (Å²) in [6.45, 7) is 3.85. The fraction of sp³-hybridized carbons (Fsp3) is 0.429. The molecular formula is C14H19N3O. The van der Waals surface area contributed by atoms with Gasteiger partial charge in [0.15, 0.2) is 0 Å². The Morgan fingerprint density at radius 1 is 1.50 bits per heavy atom. The summed E-state index contributed by atoms with van der Waals surface area (Å²) in [6, 6.07) is 11.4. The second kappa shape index (κ2) is 5.65. The zero-order chi connectivity index (χ0) is 13.8. The van der Waals surface area contributed by atoms with E-state index in [1.165, 1.54) is 4.90 Å². The summed E-state index contributed by atoms with van der Waals surface area (Å²) >= 11 is 0. The van der Waals surface area contributed by atoms with Gasteiger partial charge in [-0.1, -0.05) is 30.3 Å². The van der Waals surface area contributed by atoms with Crippen molar-refractivity contribution in [1.29, 1.82) is 5.26 Å². The van der Waals surface area contributed by atoms with E-state index in [1.54, 1.807) is 20.9 Å². The number of carbonyl (C=O) groups excluding carboxylic acids is 1. The quantitative estimate of drug-likeness (QED) is 0.873. The van der Waals surface area contributed by atoms with E-state index in [2.05, 4.69) is 6.07 Å². The van der Waals surface area contributed by atoms with Crippen LogP contribution < -0.4 is 5.73 Å². The molecule has 0 bridgehead atoms. The van der Waals surface area contributed by atoms with Gasteiger partial charge >= 0.3 is 0 Å². The lowest BCUT2D eigenvalue weighted by atomic mass is 9.91. The van der Waals surface area contributed by atoms with Crippen molar-refractivity contribution in [1.82, 2.24) is 4.90 Å². The van der Waals surface area contributed by atoms with Crippen LogP contribution in [0.2, 0.25) is 0 Å². The van der Waals surface area contributed by atoms with Gasteiger partial charge in [-0.3, -0.25) is 4.79 Å². The van der Waals surface area contributed by atoms with Crippen molar-refractivity contribution in [3.05, 3.63) is 35.9 Å². The molecule has 0 aliphatic carbocycles. The summed E-state index contributed by atoms with van der Waals surface area (Å²) in [4.78, 5) is 13.8. The van der Waals surface area contributed by atoms with Gasteiger partial charge in [0.2, 0.25) is 5.91 Å². The molecule has 1 amide bonds. The van der Waals surface area contributed by atoms with Crippen LogP contribution in [0.4, 0.5) is 0 Å². The molecule has 2 N–H and O–H groups in total. The van der Waals surface area contributed by atoms with E-state index in [0.717, 1.165) is 5.56 Å². The van der Waals surface area contributed by atoms with Gasteiger partial charge in [0.1, 0.15) is 5.54 Å². The maximum Gasteiger partial charge on any atom is 0.246 e. The van der Waals surface area contributed by atoms with Gasteiger partial charge in [-0.25, -0.2) is 0 Å². The van der Waals surface area contributed by atoms with Gasteiger partial charge in [0.05, 0.1) is 12.0 Å². The Morgan fingerprint density at radius 2 is 2.06 bits per heavy atom. The van der Waals surface area contributed by atoms with E-state index >= 15 is 0 Å². The molecule has 2 atom stereocenters. The lowest BCUT2D eigenvalue weighted by Crippen LogP contribution is -2.50. The van der Waals surface area contributed by atoms with Gasteiger partial charge in [0, 0.05) is 13.6 Å². The number of nitriles is 1. The lowest BCUT2D eigenvalue weighted by Gasteiger charge is -2.30. The molecule has 96 valence electrons. The van der Waals surface area contributed by atoms with E-state index in [1.807, 2.05) is 30.3 Å². The Morgan fingerprint density at radius 3 is 2.56 bits per heavy atom. The maximum absolute atomic E-state index is 12.3. The minimum atomic E-state index is -1.06. The molecular weight excluding hydrogens is 226 g/mol. The summed E-state index contributed by atoms with van der Waals surface area (Å²) in [7, 11) is 1.67. The monoisotopic (exact) mass is 245 g/mol. The molecule has 18 heavy (non-hydrogen) atoms. The van der Waals surface area contributed by atoms with Crippen molar-refractivity contribution in [2.24, 2.45) is 11.7 Å². The normalized spacial score (nSPS) is 15.3. The van der Waals surface area contributed by atoms with Crippen LogP contribution in [-0.2, 0) is 10.3 Å². The van der Waals surface area contributed by atoms with Crippen molar-refractivity contribution in [2.45, 2.75) is 19.4 Å². The van der Waals surface area contributed by atoms with Crippen molar-refractivity contribution in [3.63, 3.8) is 0 Å². The summed E-state index contributed by atoms with van der Waals surface area (Å²) < 4.78 is 0. The smallest absolute Gasteiger partial charge is 0.246 e. The number of rotatable bonds is 4. The number of nitrogens with two attached hydrogens (primary N) is 1. The molecule has 1 rings (SSSR count). The molecule has 1 aromatic rings. The van der Waals surface area contributed by atoms with Crippen LogP contribution in [-0.4, -0.2) is 24.4 Å². The van der Waals surface area contributed by atoms with Crippen LogP contribution in [0.5, 0.6) is 0 Å². The topological polar surface area (TPSA) is 70.1 Å². The molecule has 0 heterocycles. The van der Waals surface area contributed by atoms with Crippen LogP contribution >= 0.6 is 0 Å². The predicted molar refractivity (Wildman–Crippen MR) is 70.4 cm³/mol. The van der Waals surface area contributed by atoms with Crippen LogP contribution in [0.3, 0.4) is 0 Å². The van der Waals surface area contributed by atoms with Gasteiger partial charge in [-0.15, -0.1) is 0 Å². The molecule has 0 fully saturated rings. The van der Waals surface area contributed by atoms with Gasteiger partial charge in [-0.2, -0.15) is 5.26 Å². The first-order valence-corrected chi connectivity index (χ1v) is 5.89. The van der Waals surface area contributed by atoms with Crippen LogP contribution in [0, 0.1) is 17.2 Å². The minimum absolute atomic E-state index is 0.184. The average molecular weight is 245 g/mol. The number of benzene rings is 1. The number of nitrogens with zero attached hydrogens (tertiary/aromatic N) is 2. The Labute approximate surface area is 108 Å². The zero-order valence-electron chi connectivity index (χ0n) is 11.1. The third-order valence-corrected chi connectivity index (χ3v) is 2.93. The molecule has 0 saturated heterocycles. The van der Waals surface area contributed by atoms with Crippen molar-refractivity contribution >= 4 is 5.91 Å². The lowest BCUT2D eigenvalue weighted by molar-refractivity contribution is -0.135. The summed E-state index contributed by atoms with van der Waals surface area (Å²) in [5, 5.41) is 8.77. The van der Waals surface area contributed by atoms with Gasteiger partial charge in [-0.05, 0) is 19.4 Å².